The van der Waals surface area contributed by atoms with E-state index in [-0.39, 0.29) is 0 Å². The number of anilines is 1. The number of nitrogens with zero attached hydrogens (tertiary/aromatic N) is 5. The van der Waals surface area contributed by atoms with Crippen LogP contribution >= 0.6 is 11.6 Å². The Morgan fingerprint density at radius 2 is 2.15 bits per heavy atom. The molecule has 2 heterocycles. The molecule has 98 valence electrons. The molecule has 3 rings (SSSR count). The molecule has 0 unspecified atom stereocenters. The molecule has 1 aromatic rings. The van der Waals surface area contributed by atoms with Crippen LogP contribution < -0.4 is 5.73 Å². The van der Waals surface area contributed by atoms with Gasteiger partial charge in [-0.3, -0.25) is 0 Å². The third-order valence-corrected chi connectivity index (χ3v) is 3.35. The molecule has 2 N–H and O–H groups in total. The van der Waals surface area contributed by atoms with E-state index < -0.39 is 0 Å². The fourth-order valence-corrected chi connectivity index (χ4v) is 2.24. The van der Waals surface area contributed by atoms with Gasteiger partial charge in [0, 0.05) is 10.6 Å². The third kappa shape index (κ3) is 1.94. The Balaban J connectivity index is 2.10. The maximum Gasteiger partial charge on any atom is 0.165 e. The van der Waals surface area contributed by atoms with Crippen molar-refractivity contribution in [3.8, 4) is 17.6 Å². The Morgan fingerprint density at radius 3 is 2.95 bits per heavy atom. The van der Waals surface area contributed by atoms with Crippen LogP contribution in [0.1, 0.15) is 11.1 Å². The first-order chi connectivity index (χ1) is 9.70. The zero-order valence-electron chi connectivity index (χ0n) is 10.3. The molecule has 0 bridgehead atoms. The van der Waals surface area contributed by atoms with Crippen molar-refractivity contribution in [2.75, 3.05) is 5.73 Å². The summed E-state index contributed by atoms with van der Waals surface area (Å²) in [5.74, 6) is 0.940. The summed E-state index contributed by atoms with van der Waals surface area (Å²) in [4.78, 5) is 12.3. The summed E-state index contributed by atoms with van der Waals surface area (Å²) >= 11 is 6.17. The van der Waals surface area contributed by atoms with Crippen LogP contribution in [0.15, 0.2) is 30.9 Å². The molecular formula is C13H9ClN6. The van der Waals surface area contributed by atoms with E-state index in [1.54, 1.807) is 29.1 Å². The summed E-state index contributed by atoms with van der Waals surface area (Å²) in [6.07, 6.45) is 2.99. The number of nitrogen functional groups attached to an aromatic ring is 1. The average Bonchev–Trinajstić information content (AvgIpc) is 2.94. The van der Waals surface area contributed by atoms with Crippen LogP contribution in [0, 0.1) is 11.3 Å². The van der Waals surface area contributed by atoms with Gasteiger partial charge in [-0.05, 0) is 12.1 Å². The number of imidazole rings is 1. The predicted molar refractivity (Wildman–Crippen MR) is 74.1 cm³/mol. The van der Waals surface area contributed by atoms with Crippen LogP contribution in [0.5, 0.6) is 0 Å². The van der Waals surface area contributed by atoms with Crippen molar-refractivity contribution >= 4 is 17.4 Å². The van der Waals surface area contributed by atoms with E-state index in [1.807, 2.05) is 0 Å². The van der Waals surface area contributed by atoms with Crippen LogP contribution in [-0.2, 0) is 6.54 Å². The van der Waals surface area contributed by atoms with Gasteiger partial charge in [0.1, 0.15) is 12.0 Å². The van der Waals surface area contributed by atoms with Gasteiger partial charge in [-0.15, -0.1) is 0 Å². The van der Waals surface area contributed by atoms with Gasteiger partial charge >= 0.3 is 0 Å². The summed E-state index contributed by atoms with van der Waals surface area (Å²) in [5.41, 5.74) is 7.53. The normalized spacial score (nSPS) is 10.6. The van der Waals surface area contributed by atoms with E-state index in [0.717, 1.165) is 5.56 Å². The molecule has 0 atom stereocenters. The SMILES string of the molecule is N#Cc1cccc(Cl)c1Cn1cnc(N)c2ncnc1-2. The van der Waals surface area contributed by atoms with Crippen molar-refractivity contribution in [1.29, 1.82) is 5.26 Å². The molecule has 0 fully saturated rings. The van der Waals surface area contributed by atoms with Crippen LogP contribution in [0.3, 0.4) is 0 Å². The zero-order valence-corrected chi connectivity index (χ0v) is 11.0. The molecule has 0 saturated carbocycles. The number of benzene rings is 1. The summed E-state index contributed by atoms with van der Waals surface area (Å²) in [6.45, 7) is 0.380. The van der Waals surface area contributed by atoms with Gasteiger partial charge in [-0.2, -0.15) is 5.26 Å². The Labute approximate surface area is 119 Å². The maximum absolute atomic E-state index is 9.16. The number of rotatable bonds is 2. The zero-order chi connectivity index (χ0) is 14.1. The molecule has 0 saturated heterocycles. The van der Waals surface area contributed by atoms with Crippen LogP contribution in [-0.4, -0.2) is 19.5 Å². The number of halogens is 1. The van der Waals surface area contributed by atoms with Crippen molar-refractivity contribution in [2.24, 2.45) is 0 Å². The van der Waals surface area contributed by atoms with E-state index >= 15 is 0 Å². The van der Waals surface area contributed by atoms with Gasteiger partial charge in [-0.1, -0.05) is 17.7 Å². The third-order valence-electron chi connectivity index (χ3n) is 3.00. The van der Waals surface area contributed by atoms with E-state index in [0.29, 0.717) is 34.5 Å². The minimum absolute atomic E-state index is 0.327. The fraction of sp³-hybridized carbons (Fsp3) is 0.0769. The van der Waals surface area contributed by atoms with E-state index in [4.69, 9.17) is 22.6 Å². The molecule has 0 amide bonds. The van der Waals surface area contributed by atoms with Gasteiger partial charge in [0.15, 0.2) is 11.6 Å². The monoisotopic (exact) mass is 284 g/mol. The lowest BCUT2D eigenvalue weighted by Gasteiger charge is -2.13. The van der Waals surface area contributed by atoms with Crippen molar-refractivity contribution in [2.45, 2.75) is 6.54 Å². The highest BCUT2D eigenvalue weighted by Gasteiger charge is 2.16. The molecule has 0 spiro atoms. The Kier molecular flexibility index (Phi) is 2.97. The number of nitrogens with two attached hydrogens (primary N) is 1. The topological polar surface area (TPSA) is 93.4 Å². The largest absolute Gasteiger partial charge is 0.382 e. The smallest absolute Gasteiger partial charge is 0.165 e. The van der Waals surface area contributed by atoms with E-state index in [2.05, 4.69) is 21.0 Å². The van der Waals surface area contributed by atoms with Crippen molar-refractivity contribution < 1.29 is 0 Å². The minimum Gasteiger partial charge on any atom is -0.382 e. The Hall–Kier alpha value is -2.65. The summed E-state index contributed by atoms with van der Waals surface area (Å²) in [5, 5.41) is 9.69. The molecular weight excluding hydrogens is 276 g/mol. The first-order valence-corrected chi connectivity index (χ1v) is 6.17. The first-order valence-electron chi connectivity index (χ1n) is 5.79. The molecule has 20 heavy (non-hydrogen) atoms. The highest BCUT2D eigenvalue weighted by Crippen LogP contribution is 2.25. The van der Waals surface area contributed by atoms with Crippen LogP contribution in [0.2, 0.25) is 5.02 Å². The van der Waals surface area contributed by atoms with Crippen LogP contribution in [0.25, 0.3) is 11.5 Å². The second kappa shape index (κ2) is 4.79. The lowest BCUT2D eigenvalue weighted by atomic mass is 10.1. The summed E-state index contributed by atoms with van der Waals surface area (Å²) in [6, 6.07) is 7.34. The molecule has 0 radical (unpaired) electrons. The van der Waals surface area contributed by atoms with Gasteiger partial charge in [-0.25, -0.2) is 15.0 Å². The molecule has 0 aliphatic carbocycles. The number of hydrogen-bond acceptors (Lipinski definition) is 5. The van der Waals surface area contributed by atoms with Crippen molar-refractivity contribution in [3.05, 3.63) is 47.0 Å². The van der Waals surface area contributed by atoms with Gasteiger partial charge in [0.2, 0.25) is 0 Å². The van der Waals surface area contributed by atoms with Crippen molar-refractivity contribution in [3.63, 3.8) is 0 Å². The van der Waals surface area contributed by atoms with E-state index in [9.17, 15) is 0 Å². The first kappa shape index (κ1) is 12.4. The number of aromatic nitrogens is 4. The van der Waals surface area contributed by atoms with Crippen molar-refractivity contribution in [1.82, 2.24) is 19.5 Å². The Bertz CT molecular complexity index is 788. The van der Waals surface area contributed by atoms with Gasteiger partial charge < -0.3 is 10.3 Å². The maximum atomic E-state index is 9.16. The molecule has 0 aromatic heterocycles. The summed E-state index contributed by atoms with van der Waals surface area (Å²) < 4.78 is 1.76. The second-order valence-electron chi connectivity index (χ2n) is 4.18. The van der Waals surface area contributed by atoms with Gasteiger partial charge in [0.25, 0.3) is 0 Å². The molecule has 1 aromatic carbocycles. The quantitative estimate of drug-likeness (QED) is 0.776. The van der Waals surface area contributed by atoms with Gasteiger partial charge in [0.05, 0.1) is 24.5 Å². The standard InChI is InChI=1S/C13H9ClN6/c14-10-3-1-2-8(4-15)9(10)5-20-7-19-12(16)11-13(20)18-6-17-11/h1-3,6-7H,5,16H2. The lowest BCUT2D eigenvalue weighted by Crippen LogP contribution is -2.10. The minimum atomic E-state index is 0.327. The average molecular weight is 285 g/mol. The molecule has 2 aliphatic heterocycles. The molecule has 2 aliphatic rings. The van der Waals surface area contributed by atoms with Crippen LogP contribution in [0.4, 0.5) is 5.82 Å². The Morgan fingerprint density at radius 1 is 1.30 bits per heavy atom. The summed E-state index contributed by atoms with van der Waals surface area (Å²) in [7, 11) is 0. The van der Waals surface area contributed by atoms with E-state index in [1.165, 1.54) is 6.33 Å². The predicted octanol–water partition coefficient (Wildman–Crippen LogP) is 1.93. The molecule has 6 nitrogen and oxygen atoms in total. The second-order valence-corrected chi connectivity index (χ2v) is 4.59. The molecule has 7 heteroatoms. The number of hydrogen-bond donors (Lipinski definition) is 1. The fourth-order valence-electron chi connectivity index (χ4n) is 2.01. The number of nitriles is 1. The highest BCUT2D eigenvalue weighted by atomic mass is 35.5. The lowest BCUT2D eigenvalue weighted by molar-refractivity contribution is 0.761. The highest BCUT2D eigenvalue weighted by molar-refractivity contribution is 6.31. The number of fused-ring (bicyclic) bond motifs is 1.